The van der Waals surface area contributed by atoms with E-state index in [1.54, 1.807) is 0 Å². The van der Waals surface area contributed by atoms with Gasteiger partial charge in [0.2, 0.25) is 5.56 Å². The van der Waals surface area contributed by atoms with Crippen LogP contribution in [0.1, 0.15) is 6.92 Å². The molecule has 0 radical (unpaired) electrons. The smallest absolute Gasteiger partial charge is 0.249 e. The second-order valence-corrected chi connectivity index (χ2v) is 4.13. The number of aliphatic hydroxyl groups is 3. The third kappa shape index (κ3) is 2.40. The van der Waals surface area contributed by atoms with Gasteiger partial charge in [0, 0.05) is 6.07 Å². The van der Waals surface area contributed by atoms with Crippen LogP contribution in [0.4, 0.5) is 0 Å². The van der Waals surface area contributed by atoms with Crippen LogP contribution in [-0.4, -0.2) is 53.6 Å². The first-order valence-electron chi connectivity index (χ1n) is 5.46. The number of nitrogens with zero attached hydrogens (tertiary/aromatic N) is 3. The Morgan fingerprint density at radius 1 is 1.39 bits per heavy atom. The Hall–Kier alpha value is -1.77. The normalized spacial score (nSPS) is 16.7. The van der Waals surface area contributed by atoms with Crippen molar-refractivity contribution in [2.45, 2.75) is 31.8 Å². The Morgan fingerprint density at radius 3 is 2.78 bits per heavy atom. The summed E-state index contributed by atoms with van der Waals surface area (Å²) in [4.78, 5) is 13.7. The second kappa shape index (κ2) is 4.84. The van der Waals surface area contributed by atoms with E-state index < -0.39 is 18.3 Å². The molecule has 0 bridgehead atoms. The fraction of sp³-hybridized carbons (Fsp3) is 0.500. The summed E-state index contributed by atoms with van der Waals surface area (Å²) in [6, 6.07) is 2.83. The van der Waals surface area contributed by atoms with Gasteiger partial charge in [0.1, 0.15) is 17.7 Å². The van der Waals surface area contributed by atoms with Crippen molar-refractivity contribution in [3.63, 3.8) is 0 Å². The molecule has 98 valence electrons. The topological polar surface area (TPSA) is 124 Å². The number of pyridine rings is 1. The summed E-state index contributed by atoms with van der Waals surface area (Å²) in [6.45, 7) is 1.29. The van der Waals surface area contributed by atoms with Gasteiger partial charge in [0.15, 0.2) is 5.65 Å². The van der Waals surface area contributed by atoms with Gasteiger partial charge in [-0.2, -0.15) is 0 Å². The maximum atomic E-state index is 11.2. The van der Waals surface area contributed by atoms with Gasteiger partial charge in [-0.15, -0.1) is 5.10 Å². The van der Waals surface area contributed by atoms with Crippen molar-refractivity contribution >= 4 is 11.2 Å². The van der Waals surface area contributed by atoms with E-state index in [1.807, 2.05) is 0 Å². The number of fused-ring (bicyclic) bond motifs is 1. The Balaban J connectivity index is 2.27. The lowest BCUT2D eigenvalue weighted by Crippen LogP contribution is -2.38. The predicted octanol–water partition coefficient (Wildman–Crippen LogP) is -1.78. The van der Waals surface area contributed by atoms with Crippen molar-refractivity contribution in [1.82, 2.24) is 20.0 Å². The molecule has 0 spiro atoms. The summed E-state index contributed by atoms with van der Waals surface area (Å²) < 4.78 is 1.27. The number of aliphatic hydroxyl groups excluding tert-OH is 3. The standard InChI is InChI=1S/C10H14N4O4/c1-5(15)9(18)7(16)4-14-10-6(12-13-14)2-3-8(17)11-10/h2-3,5,7,9,15-16,18H,4H2,1H3,(H,11,17)/t5?,7?,9-/m1/s1. The van der Waals surface area contributed by atoms with Crippen LogP contribution in [0.2, 0.25) is 0 Å². The minimum Gasteiger partial charge on any atom is -0.391 e. The highest BCUT2D eigenvalue weighted by atomic mass is 16.4. The molecule has 8 nitrogen and oxygen atoms in total. The van der Waals surface area contributed by atoms with E-state index in [1.165, 1.54) is 23.7 Å². The van der Waals surface area contributed by atoms with Gasteiger partial charge in [-0.25, -0.2) is 4.68 Å². The third-order valence-electron chi connectivity index (χ3n) is 2.64. The largest absolute Gasteiger partial charge is 0.391 e. The highest BCUT2D eigenvalue weighted by Gasteiger charge is 2.22. The van der Waals surface area contributed by atoms with Crippen LogP contribution in [0.5, 0.6) is 0 Å². The molecule has 2 aromatic rings. The lowest BCUT2D eigenvalue weighted by atomic mass is 10.1. The van der Waals surface area contributed by atoms with Gasteiger partial charge in [-0.3, -0.25) is 4.79 Å². The Kier molecular flexibility index (Phi) is 3.41. The summed E-state index contributed by atoms with van der Waals surface area (Å²) in [5, 5.41) is 35.9. The molecule has 18 heavy (non-hydrogen) atoms. The first kappa shape index (κ1) is 12.7. The molecule has 0 fully saturated rings. The SMILES string of the molecule is CC(O)[C@@H](O)C(O)Cn1nnc2ccc(=O)[nH]c21. The zero-order chi connectivity index (χ0) is 13.3. The van der Waals surface area contributed by atoms with Gasteiger partial charge in [-0.1, -0.05) is 5.21 Å². The molecule has 2 heterocycles. The van der Waals surface area contributed by atoms with Gasteiger partial charge in [0.05, 0.1) is 12.6 Å². The minimum absolute atomic E-state index is 0.0808. The second-order valence-electron chi connectivity index (χ2n) is 4.13. The molecular formula is C10H14N4O4. The van der Waals surface area contributed by atoms with Crippen LogP contribution in [-0.2, 0) is 6.54 Å². The molecule has 2 rings (SSSR count). The monoisotopic (exact) mass is 254 g/mol. The van der Waals surface area contributed by atoms with E-state index in [4.69, 9.17) is 5.11 Å². The summed E-state index contributed by atoms with van der Waals surface area (Å²) in [6.07, 6.45) is -3.56. The molecule has 8 heteroatoms. The first-order chi connectivity index (χ1) is 8.49. The zero-order valence-electron chi connectivity index (χ0n) is 9.69. The molecule has 0 aliphatic rings. The van der Waals surface area contributed by atoms with E-state index in [9.17, 15) is 15.0 Å². The third-order valence-corrected chi connectivity index (χ3v) is 2.64. The lowest BCUT2D eigenvalue weighted by Gasteiger charge is -2.19. The van der Waals surface area contributed by atoms with Crippen LogP contribution >= 0.6 is 0 Å². The number of aromatic nitrogens is 4. The molecule has 3 atom stereocenters. The van der Waals surface area contributed by atoms with Gasteiger partial charge in [-0.05, 0) is 13.0 Å². The van der Waals surface area contributed by atoms with Crippen LogP contribution in [0.15, 0.2) is 16.9 Å². The summed E-state index contributed by atoms with van der Waals surface area (Å²) in [7, 11) is 0. The molecule has 0 saturated heterocycles. The van der Waals surface area contributed by atoms with Crippen molar-refractivity contribution in [3.05, 3.63) is 22.5 Å². The fourth-order valence-electron chi connectivity index (χ4n) is 1.61. The molecule has 0 aliphatic heterocycles. The van der Waals surface area contributed by atoms with E-state index in [0.29, 0.717) is 11.2 Å². The molecule has 2 aromatic heterocycles. The summed E-state index contributed by atoms with van der Waals surface area (Å²) in [5.41, 5.74) is 0.532. The van der Waals surface area contributed by atoms with Crippen LogP contribution in [0.3, 0.4) is 0 Å². The average molecular weight is 254 g/mol. The van der Waals surface area contributed by atoms with Crippen molar-refractivity contribution in [3.8, 4) is 0 Å². The number of aromatic amines is 1. The molecule has 4 N–H and O–H groups in total. The van der Waals surface area contributed by atoms with E-state index in [-0.39, 0.29) is 12.1 Å². The number of H-pyrrole nitrogens is 1. The van der Waals surface area contributed by atoms with Gasteiger partial charge in [0.25, 0.3) is 0 Å². The summed E-state index contributed by atoms with van der Waals surface area (Å²) in [5.74, 6) is 0. The number of rotatable bonds is 4. The number of hydrogen-bond donors (Lipinski definition) is 4. The minimum atomic E-state index is -1.29. The molecule has 0 amide bonds. The van der Waals surface area contributed by atoms with Crippen LogP contribution in [0.25, 0.3) is 11.2 Å². The molecule has 0 saturated carbocycles. The van der Waals surface area contributed by atoms with Crippen molar-refractivity contribution in [2.24, 2.45) is 0 Å². The summed E-state index contributed by atoms with van der Waals surface area (Å²) >= 11 is 0. The Labute approximate surface area is 101 Å². The maximum absolute atomic E-state index is 11.2. The first-order valence-corrected chi connectivity index (χ1v) is 5.46. The van der Waals surface area contributed by atoms with Crippen molar-refractivity contribution in [1.29, 1.82) is 0 Å². The van der Waals surface area contributed by atoms with Gasteiger partial charge >= 0.3 is 0 Å². The van der Waals surface area contributed by atoms with Crippen LogP contribution < -0.4 is 5.56 Å². The zero-order valence-corrected chi connectivity index (χ0v) is 9.69. The quantitative estimate of drug-likeness (QED) is 0.511. The van der Waals surface area contributed by atoms with Crippen molar-refractivity contribution < 1.29 is 15.3 Å². The molecule has 0 aliphatic carbocycles. The number of hydrogen-bond acceptors (Lipinski definition) is 6. The van der Waals surface area contributed by atoms with E-state index in [0.717, 1.165) is 0 Å². The fourth-order valence-corrected chi connectivity index (χ4v) is 1.61. The predicted molar refractivity (Wildman–Crippen MR) is 61.8 cm³/mol. The van der Waals surface area contributed by atoms with E-state index >= 15 is 0 Å². The molecule has 0 aromatic carbocycles. The highest BCUT2D eigenvalue weighted by molar-refractivity contribution is 5.68. The lowest BCUT2D eigenvalue weighted by molar-refractivity contribution is -0.0582. The average Bonchev–Trinajstić information content (AvgIpc) is 2.70. The number of nitrogens with one attached hydrogen (secondary N) is 1. The Bertz CT molecular complexity index is 591. The molecular weight excluding hydrogens is 240 g/mol. The highest BCUT2D eigenvalue weighted by Crippen LogP contribution is 2.08. The Morgan fingerprint density at radius 2 is 2.11 bits per heavy atom. The van der Waals surface area contributed by atoms with Gasteiger partial charge < -0.3 is 20.3 Å². The maximum Gasteiger partial charge on any atom is 0.249 e. The van der Waals surface area contributed by atoms with Crippen LogP contribution in [0, 0.1) is 0 Å². The van der Waals surface area contributed by atoms with E-state index in [2.05, 4.69) is 15.3 Å². The molecule has 2 unspecified atom stereocenters. The van der Waals surface area contributed by atoms with Crippen molar-refractivity contribution in [2.75, 3.05) is 0 Å².